The number of aryl methyl sites for hydroxylation is 3. The molecule has 50 heavy (non-hydrogen) atoms. The number of aromatic nitrogens is 2. The molecular weight excluding hydrogens is 789 g/mol. The molecule has 3 aromatic heterocycles. The molecule has 0 bridgehead atoms. The van der Waals surface area contributed by atoms with E-state index >= 15 is 0 Å². The smallest absolute Gasteiger partial charge is 0.120 e. The van der Waals surface area contributed by atoms with Gasteiger partial charge in [-0.25, -0.2) is 0 Å². The molecule has 0 spiro atoms. The molecule has 0 aliphatic rings. The Morgan fingerprint density at radius 3 is 1.96 bits per heavy atom. The van der Waals surface area contributed by atoms with Crippen LogP contribution in [0.1, 0.15) is 87.2 Å². The summed E-state index contributed by atoms with van der Waals surface area (Å²) in [6.07, 6.45) is -3.40. The number of nitrogens with zero attached hydrogens (tertiary/aromatic N) is 2. The summed E-state index contributed by atoms with van der Waals surface area (Å²) in [7, 11) is 0. The van der Waals surface area contributed by atoms with E-state index in [4.69, 9.17) is 25.0 Å². The molecular formula is C46H46IrN2O-2. The average Bonchev–Trinajstić information content (AvgIpc) is 3.61. The molecule has 0 saturated carbocycles. The molecule has 4 heteroatoms. The Kier molecular flexibility index (Phi) is 7.21. The molecule has 4 aromatic carbocycles. The van der Waals surface area contributed by atoms with Crippen molar-refractivity contribution in [2.75, 3.05) is 0 Å². The fraction of sp³-hybridized carbons (Fsp3) is 0.261. The Morgan fingerprint density at radius 2 is 1.36 bits per heavy atom. The van der Waals surface area contributed by atoms with Crippen LogP contribution >= 0.6 is 0 Å². The van der Waals surface area contributed by atoms with E-state index in [-0.39, 0.29) is 53.5 Å². The van der Waals surface area contributed by atoms with Crippen LogP contribution in [0.4, 0.5) is 0 Å². The number of hydrogen-bond acceptors (Lipinski definition) is 3. The maximum atomic E-state index is 9.06. The first-order valence-corrected chi connectivity index (χ1v) is 16.0. The first-order chi connectivity index (χ1) is 29.6. The third kappa shape index (κ3) is 8.85. The molecule has 3 heterocycles. The Labute approximate surface area is 332 Å². The predicted octanol–water partition coefficient (Wildman–Crippen LogP) is 11.9. The summed E-state index contributed by atoms with van der Waals surface area (Å²) in [5.74, 6) is -0.938. The quantitative estimate of drug-likeness (QED) is 0.143. The number of hydrogen-bond donors (Lipinski definition) is 0. The first-order valence-electron chi connectivity index (χ1n) is 23.5. The zero-order valence-electron chi connectivity index (χ0n) is 43.1. The van der Waals surface area contributed by atoms with Crippen molar-refractivity contribution in [3.63, 3.8) is 0 Å². The fourth-order valence-corrected chi connectivity index (χ4v) is 5.31. The average molecular weight is 850 g/mol. The van der Waals surface area contributed by atoms with Crippen LogP contribution in [0, 0.1) is 44.5 Å². The normalized spacial score (nSPS) is 17.2. The largest absolute Gasteiger partial charge is 0.500 e. The number of para-hydroxylation sites is 1. The second kappa shape index (κ2) is 16.6. The molecule has 0 atom stereocenters. The van der Waals surface area contributed by atoms with E-state index in [0.717, 1.165) is 5.39 Å². The van der Waals surface area contributed by atoms with Crippen LogP contribution in [0.3, 0.4) is 0 Å². The first kappa shape index (κ1) is 21.8. The molecule has 1 radical (unpaired) electrons. The topological polar surface area (TPSA) is 38.9 Å². The monoisotopic (exact) mass is 850 g/mol. The van der Waals surface area contributed by atoms with Crippen molar-refractivity contribution in [1.82, 2.24) is 9.97 Å². The molecule has 0 unspecified atom stereocenters. The van der Waals surface area contributed by atoms with Crippen LogP contribution < -0.4 is 0 Å². The van der Waals surface area contributed by atoms with Gasteiger partial charge in [0.2, 0.25) is 0 Å². The number of furan rings is 1. The molecule has 3 nitrogen and oxygen atoms in total. The van der Waals surface area contributed by atoms with Crippen molar-refractivity contribution in [2.24, 2.45) is 11.8 Å². The Hall–Kier alpha value is -4.37. The van der Waals surface area contributed by atoms with Crippen molar-refractivity contribution in [1.29, 1.82) is 0 Å². The SMILES string of the molecule is [2H]C([2H])([2H])c1c[c-]c(-c2cc(C([2H])([2H])C(C)C)c(C([2H])([2H])[2H])cn2)cc1.[2H]C([2H])([2H])c1cnc(-c2[c-]c(C([2H])([2H])c3ccccc3)c3oc4ccccc4c3c2)cc1C([2H])([2H])C(C)C.[Ir]. The summed E-state index contributed by atoms with van der Waals surface area (Å²) >= 11 is 0. The van der Waals surface area contributed by atoms with E-state index in [1.165, 1.54) is 42.7 Å². The van der Waals surface area contributed by atoms with Crippen molar-refractivity contribution >= 4 is 21.9 Å². The molecule has 7 aromatic rings. The van der Waals surface area contributed by atoms with Crippen LogP contribution in [0.25, 0.3) is 44.5 Å². The van der Waals surface area contributed by atoms with Gasteiger partial charge in [0.1, 0.15) is 5.58 Å². The van der Waals surface area contributed by atoms with Gasteiger partial charge in [-0.05, 0) is 78.8 Å². The van der Waals surface area contributed by atoms with Crippen molar-refractivity contribution in [3.05, 3.63) is 154 Å². The van der Waals surface area contributed by atoms with Gasteiger partial charge in [0.25, 0.3) is 0 Å². The Morgan fingerprint density at radius 1 is 0.720 bits per heavy atom. The van der Waals surface area contributed by atoms with E-state index in [0.29, 0.717) is 44.6 Å². The predicted molar refractivity (Wildman–Crippen MR) is 205 cm³/mol. The second-order valence-corrected chi connectivity index (χ2v) is 12.2. The summed E-state index contributed by atoms with van der Waals surface area (Å²) in [6.45, 7) is -0.516. The van der Waals surface area contributed by atoms with E-state index < -0.39 is 51.5 Å². The summed E-state index contributed by atoms with van der Waals surface area (Å²) in [6, 6.07) is 31.2. The molecule has 257 valence electrons. The Bertz CT molecular complexity index is 2780. The minimum atomic E-state index is -2.55. The van der Waals surface area contributed by atoms with Gasteiger partial charge in [0.05, 0.1) is 5.58 Å². The molecule has 0 aliphatic heterocycles. The third-order valence-corrected chi connectivity index (χ3v) is 7.51. The van der Waals surface area contributed by atoms with Gasteiger partial charge in [-0.2, -0.15) is 0 Å². The van der Waals surface area contributed by atoms with Crippen molar-refractivity contribution in [3.8, 4) is 22.5 Å². The zero-order valence-corrected chi connectivity index (χ0v) is 30.5. The van der Waals surface area contributed by atoms with Crippen molar-refractivity contribution < 1.29 is 45.1 Å². The van der Waals surface area contributed by atoms with Crippen LogP contribution in [0.15, 0.2) is 108 Å². The van der Waals surface area contributed by atoms with Gasteiger partial charge in [0.15, 0.2) is 0 Å². The maximum Gasteiger partial charge on any atom is 0.120 e. The summed E-state index contributed by atoms with van der Waals surface area (Å²) < 4.78 is 127. The molecule has 0 saturated heterocycles. The Balaban J connectivity index is 0.000000259. The van der Waals surface area contributed by atoms with Gasteiger partial charge in [-0.1, -0.05) is 117 Å². The summed E-state index contributed by atoms with van der Waals surface area (Å²) in [5, 5.41) is 1.46. The van der Waals surface area contributed by atoms with Crippen LogP contribution in [-0.4, -0.2) is 9.97 Å². The summed E-state index contributed by atoms with van der Waals surface area (Å²) in [4.78, 5) is 8.55. The molecule has 7 rings (SSSR count). The number of pyridine rings is 2. The number of fused-ring (bicyclic) bond motifs is 3. The second-order valence-electron chi connectivity index (χ2n) is 12.2. The van der Waals surface area contributed by atoms with Gasteiger partial charge in [-0.15, -0.1) is 53.1 Å². The van der Waals surface area contributed by atoms with Crippen LogP contribution in [-0.2, 0) is 39.2 Å². The minimum Gasteiger partial charge on any atom is -0.500 e. The van der Waals surface area contributed by atoms with E-state index in [1.54, 1.807) is 58.0 Å². The minimum absolute atomic E-state index is 0. The standard InChI is InChI=1S/C29H26NO.C17H20N.Ir/c1-19(2)13-22-17-27(30-18-20(22)3)23-15-24(14-21-9-5-4-6-10-21)29-26(16-23)25-11-7-8-12-28(25)31-29;1-12(2)9-16-10-17(18-11-14(16)4)15-7-5-13(3)6-8-15;/h4-12,16-19H,13-14H2,1-3H3;5-7,10-12H,9H2,1-4H3;/q2*-1;/i3D3,13D2,14D2;3D3,4D3,9D2;. The van der Waals surface area contributed by atoms with E-state index in [2.05, 4.69) is 22.1 Å². The molecule has 0 aliphatic carbocycles. The summed E-state index contributed by atoms with van der Waals surface area (Å²) in [5.41, 5.74) is 3.06. The van der Waals surface area contributed by atoms with Gasteiger partial charge >= 0.3 is 0 Å². The van der Waals surface area contributed by atoms with Gasteiger partial charge in [0, 0.05) is 58.4 Å². The van der Waals surface area contributed by atoms with Crippen molar-refractivity contribution in [2.45, 2.75) is 67.4 Å². The van der Waals surface area contributed by atoms with Crippen LogP contribution in [0.2, 0.25) is 0 Å². The van der Waals surface area contributed by atoms with E-state index in [1.807, 2.05) is 30.3 Å². The van der Waals surface area contributed by atoms with Gasteiger partial charge in [-0.3, -0.25) is 0 Å². The zero-order chi connectivity index (χ0) is 47.4. The third-order valence-electron chi connectivity index (χ3n) is 7.51. The molecule has 0 fully saturated rings. The molecule has 0 N–H and O–H groups in total. The number of rotatable bonds is 8. The fourth-order valence-electron chi connectivity index (χ4n) is 5.31. The number of benzene rings is 4. The maximum absolute atomic E-state index is 9.06. The molecule has 0 amide bonds. The van der Waals surface area contributed by atoms with Crippen LogP contribution in [0.5, 0.6) is 0 Å². The van der Waals surface area contributed by atoms with Gasteiger partial charge < -0.3 is 14.4 Å². The van der Waals surface area contributed by atoms with E-state index in [9.17, 15) is 0 Å².